The Kier molecular flexibility index (Phi) is 2.41. The van der Waals surface area contributed by atoms with E-state index in [1.807, 2.05) is 0 Å². The standard InChI is InChI=1S/C9H9NO3/c1-6-3-7(2)9(10(12)13)4-8(6)5-11/h3-5H,1-2H3. The van der Waals surface area contributed by atoms with Gasteiger partial charge < -0.3 is 0 Å². The summed E-state index contributed by atoms with van der Waals surface area (Å²) in [6, 6.07) is 2.94. The molecule has 0 atom stereocenters. The van der Waals surface area contributed by atoms with E-state index in [0.717, 1.165) is 5.56 Å². The zero-order valence-corrected chi connectivity index (χ0v) is 7.40. The van der Waals surface area contributed by atoms with E-state index in [1.165, 1.54) is 6.07 Å². The summed E-state index contributed by atoms with van der Waals surface area (Å²) in [7, 11) is 0. The second-order valence-corrected chi connectivity index (χ2v) is 2.87. The predicted octanol–water partition coefficient (Wildman–Crippen LogP) is 2.02. The van der Waals surface area contributed by atoms with Crippen LogP contribution in [0.4, 0.5) is 5.69 Å². The van der Waals surface area contributed by atoms with E-state index in [9.17, 15) is 14.9 Å². The Hall–Kier alpha value is -1.71. The smallest absolute Gasteiger partial charge is 0.273 e. The summed E-state index contributed by atoms with van der Waals surface area (Å²) in [6.45, 7) is 3.40. The number of hydrogen-bond donors (Lipinski definition) is 0. The van der Waals surface area contributed by atoms with Gasteiger partial charge in [-0.25, -0.2) is 0 Å². The quantitative estimate of drug-likeness (QED) is 0.396. The highest BCUT2D eigenvalue weighted by Crippen LogP contribution is 2.21. The molecule has 1 rings (SSSR count). The van der Waals surface area contributed by atoms with Crippen molar-refractivity contribution in [3.63, 3.8) is 0 Å². The van der Waals surface area contributed by atoms with Crippen LogP contribution in [0.3, 0.4) is 0 Å². The van der Waals surface area contributed by atoms with Gasteiger partial charge in [0.25, 0.3) is 5.69 Å². The molecule has 0 N–H and O–H groups in total. The fraction of sp³-hybridized carbons (Fsp3) is 0.222. The highest BCUT2D eigenvalue weighted by molar-refractivity contribution is 5.79. The maximum absolute atomic E-state index is 10.5. The number of nitrogens with zero attached hydrogens (tertiary/aromatic N) is 1. The van der Waals surface area contributed by atoms with Crippen LogP contribution in [0.15, 0.2) is 12.1 Å². The lowest BCUT2D eigenvalue weighted by Gasteiger charge is -2.01. The molecule has 0 fully saturated rings. The Morgan fingerprint density at radius 1 is 1.31 bits per heavy atom. The van der Waals surface area contributed by atoms with E-state index in [-0.39, 0.29) is 5.69 Å². The van der Waals surface area contributed by atoms with Crippen LogP contribution in [-0.2, 0) is 0 Å². The second-order valence-electron chi connectivity index (χ2n) is 2.87. The van der Waals surface area contributed by atoms with Crippen LogP contribution in [0.2, 0.25) is 0 Å². The first-order chi connectivity index (χ1) is 6.06. The summed E-state index contributed by atoms with van der Waals surface area (Å²) in [4.78, 5) is 20.5. The van der Waals surface area contributed by atoms with Gasteiger partial charge in [-0.15, -0.1) is 0 Å². The average molecular weight is 179 g/mol. The van der Waals surface area contributed by atoms with Gasteiger partial charge in [-0.1, -0.05) is 0 Å². The molecule has 0 unspecified atom stereocenters. The zero-order chi connectivity index (χ0) is 10.0. The van der Waals surface area contributed by atoms with Crippen molar-refractivity contribution in [3.8, 4) is 0 Å². The SMILES string of the molecule is Cc1cc(C)c([N+](=O)[O-])cc1C=O. The molecular weight excluding hydrogens is 170 g/mol. The van der Waals surface area contributed by atoms with E-state index in [4.69, 9.17) is 0 Å². The number of carbonyl (C=O) groups excluding carboxylic acids is 1. The number of aldehydes is 1. The molecule has 0 radical (unpaired) electrons. The van der Waals surface area contributed by atoms with Crippen molar-refractivity contribution < 1.29 is 9.72 Å². The first-order valence-corrected chi connectivity index (χ1v) is 3.77. The third-order valence-electron chi connectivity index (χ3n) is 1.91. The van der Waals surface area contributed by atoms with E-state index < -0.39 is 4.92 Å². The second kappa shape index (κ2) is 3.35. The van der Waals surface area contributed by atoms with Crippen LogP contribution in [0.5, 0.6) is 0 Å². The highest BCUT2D eigenvalue weighted by Gasteiger charge is 2.12. The first kappa shape index (κ1) is 9.38. The molecule has 0 aliphatic rings. The minimum atomic E-state index is -0.484. The highest BCUT2D eigenvalue weighted by atomic mass is 16.6. The number of nitro groups is 1. The molecule has 1 aromatic carbocycles. The maximum atomic E-state index is 10.5. The molecular formula is C9H9NO3. The van der Waals surface area contributed by atoms with E-state index in [2.05, 4.69) is 0 Å². The van der Waals surface area contributed by atoms with Crippen LogP contribution >= 0.6 is 0 Å². The van der Waals surface area contributed by atoms with Gasteiger partial charge >= 0.3 is 0 Å². The first-order valence-electron chi connectivity index (χ1n) is 3.77. The summed E-state index contributed by atoms with van der Waals surface area (Å²) in [5.74, 6) is 0. The fourth-order valence-corrected chi connectivity index (χ4v) is 1.18. The lowest BCUT2D eigenvalue weighted by Crippen LogP contribution is -1.95. The lowest BCUT2D eigenvalue weighted by atomic mass is 10.1. The molecule has 0 heterocycles. The van der Waals surface area contributed by atoms with E-state index in [1.54, 1.807) is 19.9 Å². The van der Waals surface area contributed by atoms with Gasteiger partial charge in [0.15, 0.2) is 6.29 Å². The summed E-state index contributed by atoms with van der Waals surface area (Å²) in [5.41, 5.74) is 1.70. The molecule has 0 amide bonds. The molecule has 68 valence electrons. The van der Waals surface area contributed by atoms with Gasteiger partial charge in [0.1, 0.15) is 0 Å². The number of hydrogen-bond acceptors (Lipinski definition) is 3. The number of benzene rings is 1. The van der Waals surface area contributed by atoms with Gasteiger partial charge in [0.05, 0.1) is 4.92 Å². The van der Waals surface area contributed by atoms with Crippen molar-refractivity contribution in [3.05, 3.63) is 38.9 Å². The Morgan fingerprint density at radius 3 is 2.38 bits per heavy atom. The van der Waals surface area contributed by atoms with Gasteiger partial charge in [-0.05, 0) is 25.5 Å². The number of nitro benzene ring substituents is 1. The average Bonchev–Trinajstić information content (AvgIpc) is 2.03. The third kappa shape index (κ3) is 1.72. The van der Waals surface area contributed by atoms with Crippen molar-refractivity contribution >= 4 is 12.0 Å². The molecule has 4 nitrogen and oxygen atoms in total. The van der Waals surface area contributed by atoms with Crippen LogP contribution in [0.1, 0.15) is 21.5 Å². The minimum absolute atomic E-state index is 0.00676. The lowest BCUT2D eigenvalue weighted by molar-refractivity contribution is -0.385. The Bertz CT molecular complexity index is 371. The van der Waals surface area contributed by atoms with Gasteiger partial charge in [-0.2, -0.15) is 0 Å². The largest absolute Gasteiger partial charge is 0.298 e. The molecule has 0 bridgehead atoms. The summed E-state index contributed by atoms with van der Waals surface area (Å²) < 4.78 is 0. The van der Waals surface area contributed by atoms with Crippen LogP contribution in [0, 0.1) is 24.0 Å². The Balaban J connectivity index is 3.38. The molecule has 0 aliphatic carbocycles. The molecule has 0 saturated carbocycles. The molecule has 1 aromatic rings. The fourth-order valence-electron chi connectivity index (χ4n) is 1.18. The molecule has 0 saturated heterocycles. The predicted molar refractivity (Wildman–Crippen MR) is 48.0 cm³/mol. The molecule has 13 heavy (non-hydrogen) atoms. The van der Waals surface area contributed by atoms with Gasteiger partial charge in [0, 0.05) is 17.2 Å². The van der Waals surface area contributed by atoms with Crippen molar-refractivity contribution in [1.82, 2.24) is 0 Å². The van der Waals surface area contributed by atoms with Crippen LogP contribution in [0.25, 0.3) is 0 Å². The van der Waals surface area contributed by atoms with Crippen molar-refractivity contribution in [2.24, 2.45) is 0 Å². The Morgan fingerprint density at radius 2 is 1.92 bits per heavy atom. The number of carbonyl (C=O) groups is 1. The van der Waals surface area contributed by atoms with E-state index >= 15 is 0 Å². The summed E-state index contributed by atoms with van der Waals surface area (Å²) in [6.07, 6.45) is 0.627. The minimum Gasteiger partial charge on any atom is -0.298 e. The number of rotatable bonds is 2. The molecule has 4 heteroatoms. The maximum Gasteiger partial charge on any atom is 0.273 e. The number of aryl methyl sites for hydroxylation is 2. The van der Waals surface area contributed by atoms with Crippen molar-refractivity contribution in [1.29, 1.82) is 0 Å². The monoisotopic (exact) mass is 179 g/mol. The van der Waals surface area contributed by atoms with Crippen LogP contribution < -0.4 is 0 Å². The topological polar surface area (TPSA) is 60.2 Å². The third-order valence-corrected chi connectivity index (χ3v) is 1.91. The van der Waals surface area contributed by atoms with E-state index in [0.29, 0.717) is 17.4 Å². The van der Waals surface area contributed by atoms with Gasteiger partial charge in [-0.3, -0.25) is 14.9 Å². The van der Waals surface area contributed by atoms with Crippen molar-refractivity contribution in [2.75, 3.05) is 0 Å². The van der Waals surface area contributed by atoms with Crippen molar-refractivity contribution in [2.45, 2.75) is 13.8 Å². The summed E-state index contributed by atoms with van der Waals surface area (Å²) >= 11 is 0. The molecule has 0 aromatic heterocycles. The zero-order valence-electron chi connectivity index (χ0n) is 7.40. The molecule has 0 spiro atoms. The Labute approximate surface area is 75.3 Å². The van der Waals surface area contributed by atoms with Crippen LogP contribution in [-0.4, -0.2) is 11.2 Å². The summed E-state index contributed by atoms with van der Waals surface area (Å²) in [5, 5.41) is 10.5. The molecule has 0 aliphatic heterocycles. The van der Waals surface area contributed by atoms with Gasteiger partial charge in [0.2, 0.25) is 0 Å². The normalized spacial score (nSPS) is 9.69.